The van der Waals surface area contributed by atoms with Crippen molar-refractivity contribution in [3.05, 3.63) is 41.7 Å². The van der Waals surface area contributed by atoms with Crippen LogP contribution < -0.4 is 32.3 Å². The predicted octanol–water partition coefficient (Wildman–Crippen LogP) is 0.0596. The van der Waals surface area contributed by atoms with Crippen LogP contribution in [0.3, 0.4) is 0 Å². The van der Waals surface area contributed by atoms with Gasteiger partial charge in [0.1, 0.15) is 12.1 Å². The second kappa shape index (κ2) is 15.7. The Hall–Kier alpha value is -5.61. The largest absolute Gasteiger partial charge is 0.480 e. The Balaban J connectivity index is 1.46. The molecule has 0 saturated carbocycles. The van der Waals surface area contributed by atoms with Gasteiger partial charge in [-0.25, -0.2) is 19.6 Å². The number of carboxylic acids is 2. The third-order valence-electron chi connectivity index (χ3n) is 6.65. The van der Waals surface area contributed by atoms with Crippen molar-refractivity contribution >= 4 is 58.3 Å². The molecule has 3 rings (SSSR count). The fourth-order valence-electron chi connectivity index (χ4n) is 4.33. The van der Waals surface area contributed by atoms with Crippen molar-refractivity contribution in [1.29, 1.82) is 0 Å². The number of carboxylic acid groups (broad SMARTS) is 2. The van der Waals surface area contributed by atoms with Crippen LogP contribution in [0.25, 0.3) is 11.2 Å². The molecule has 0 aliphatic heterocycles. The Kier molecular flexibility index (Phi) is 11.9. The Morgan fingerprint density at radius 2 is 1.58 bits per heavy atom. The molecule has 0 spiro atoms. The normalized spacial score (nSPS) is 12.1. The van der Waals surface area contributed by atoms with Crippen LogP contribution >= 0.6 is 0 Å². The molecule has 2 aromatic heterocycles. The summed E-state index contributed by atoms with van der Waals surface area (Å²) >= 11 is 0. The molecule has 240 valence electrons. The monoisotopic (exact) mass is 624 g/mol. The van der Waals surface area contributed by atoms with E-state index in [1.54, 1.807) is 30.5 Å². The number of unbranched alkanes of at least 4 members (excludes halogenated alkanes) is 1. The number of nitrogen functional groups attached to an aromatic ring is 2. The van der Waals surface area contributed by atoms with Crippen molar-refractivity contribution in [1.82, 2.24) is 35.9 Å². The van der Waals surface area contributed by atoms with E-state index in [0.29, 0.717) is 30.6 Å². The van der Waals surface area contributed by atoms with E-state index in [1.807, 2.05) is 11.9 Å². The maximum Gasteiger partial charge on any atom is 0.326 e. The van der Waals surface area contributed by atoms with E-state index >= 15 is 0 Å². The number of nitrogens with zero attached hydrogens (tertiary/aromatic N) is 5. The number of nitrogens with one attached hydrogen (secondary N) is 3. The Morgan fingerprint density at radius 3 is 2.22 bits per heavy atom. The van der Waals surface area contributed by atoms with Crippen LogP contribution in [0.1, 0.15) is 55.1 Å². The molecule has 17 nitrogen and oxygen atoms in total. The summed E-state index contributed by atoms with van der Waals surface area (Å²) in [5, 5.41) is 26.1. The summed E-state index contributed by atoms with van der Waals surface area (Å²) < 4.78 is 0. The Labute approximate surface area is 257 Å². The number of aliphatic carboxylic acids is 2. The van der Waals surface area contributed by atoms with Crippen molar-refractivity contribution in [2.24, 2.45) is 0 Å². The van der Waals surface area contributed by atoms with Gasteiger partial charge in [-0.1, -0.05) is 0 Å². The van der Waals surface area contributed by atoms with E-state index < -0.39 is 41.7 Å². The van der Waals surface area contributed by atoms with Crippen LogP contribution in [0.15, 0.2) is 30.5 Å². The summed E-state index contributed by atoms with van der Waals surface area (Å²) in [6, 6.07) is 4.19. The highest BCUT2D eigenvalue weighted by Crippen LogP contribution is 2.19. The molecule has 0 bridgehead atoms. The lowest BCUT2D eigenvalue weighted by Gasteiger charge is -2.19. The molecule has 9 N–H and O–H groups in total. The molecule has 3 aromatic rings. The van der Waals surface area contributed by atoms with Crippen LogP contribution in [0.4, 0.5) is 17.5 Å². The van der Waals surface area contributed by atoms with Gasteiger partial charge in [0.05, 0.1) is 18.4 Å². The number of hydrogen-bond donors (Lipinski definition) is 7. The Bertz CT molecular complexity index is 1550. The SMILES string of the molecule is CC(=O)NC(CCCCNC(=O)CC[C@H](NC(=O)c1ccc(N(C)Cc2cnc3nc(N)nc(N)c3n2)cc1)C(=O)O)C(=O)O. The molecule has 2 heterocycles. The summed E-state index contributed by atoms with van der Waals surface area (Å²) in [4.78, 5) is 77.4. The summed E-state index contributed by atoms with van der Waals surface area (Å²) in [7, 11) is 1.81. The zero-order valence-electron chi connectivity index (χ0n) is 24.8. The lowest BCUT2D eigenvalue weighted by Crippen LogP contribution is -2.41. The third-order valence-corrected chi connectivity index (χ3v) is 6.65. The average Bonchev–Trinajstić information content (AvgIpc) is 2.98. The van der Waals surface area contributed by atoms with Crippen molar-refractivity contribution < 1.29 is 34.2 Å². The molecule has 45 heavy (non-hydrogen) atoms. The average molecular weight is 625 g/mol. The van der Waals surface area contributed by atoms with Crippen LogP contribution in [0, 0.1) is 0 Å². The van der Waals surface area contributed by atoms with Gasteiger partial charge in [0.2, 0.25) is 17.8 Å². The molecule has 0 radical (unpaired) electrons. The zero-order valence-corrected chi connectivity index (χ0v) is 24.8. The fraction of sp³-hybridized carbons (Fsp3) is 0.393. The molecule has 1 unspecified atom stereocenters. The molecule has 17 heteroatoms. The van der Waals surface area contributed by atoms with Crippen molar-refractivity contribution in [3.8, 4) is 0 Å². The molecule has 0 aliphatic rings. The molecule has 0 saturated heterocycles. The van der Waals surface area contributed by atoms with Crippen LogP contribution in [-0.2, 0) is 25.7 Å². The number of nitrogens with two attached hydrogens (primary N) is 2. The summed E-state index contributed by atoms with van der Waals surface area (Å²) in [5.41, 5.74) is 13.7. The van der Waals surface area contributed by atoms with Gasteiger partial charge >= 0.3 is 11.9 Å². The van der Waals surface area contributed by atoms with Gasteiger partial charge in [0.25, 0.3) is 5.91 Å². The highest BCUT2D eigenvalue weighted by molar-refractivity contribution is 5.97. The number of benzene rings is 1. The van der Waals surface area contributed by atoms with E-state index in [-0.39, 0.29) is 48.8 Å². The van der Waals surface area contributed by atoms with E-state index in [4.69, 9.17) is 16.6 Å². The topological polar surface area (TPSA) is 269 Å². The molecule has 0 fully saturated rings. The second-order valence-electron chi connectivity index (χ2n) is 10.2. The molecule has 2 atom stereocenters. The number of carbonyl (C=O) groups is 5. The first-order valence-electron chi connectivity index (χ1n) is 14.0. The number of anilines is 3. The smallest absolute Gasteiger partial charge is 0.326 e. The Morgan fingerprint density at radius 1 is 0.911 bits per heavy atom. The minimum atomic E-state index is -1.29. The first kappa shape index (κ1) is 33.9. The minimum Gasteiger partial charge on any atom is -0.480 e. The summed E-state index contributed by atoms with van der Waals surface area (Å²) in [5.74, 6) is -3.76. The quantitative estimate of drug-likeness (QED) is 0.104. The van der Waals surface area contributed by atoms with Gasteiger partial charge in [-0.05, 0) is 49.9 Å². The molecule has 1 aromatic carbocycles. The zero-order chi connectivity index (χ0) is 33.1. The minimum absolute atomic E-state index is 0.00208. The van der Waals surface area contributed by atoms with Gasteiger partial charge < -0.3 is 42.5 Å². The number of hydrogen-bond acceptors (Lipinski definition) is 12. The van der Waals surface area contributed by atoms with Gasteiger partial charge in [-0.2, -0.15) is 9.97 Å². The summed E-state index contributed by atoms with van der Waals surface area (Å²) in [6.45, 7) is 1.83. The van der Waals surface area contributed by atoms with E-state index in [0.717, 1.165) is 5.69 Å². The van der Waals surface area contributed by atoms with Crippen LogP contribution in [-0.4, -0.2) is 85.5 Å². The highest BCUT2D eigenvalue weighted by Gasteiger charge is 2.22. The number of rotatable bonds is 16. The maximum absolute atomic E-state index is 12.8. The molecular formula is C28H36N10O7. The maximum atomic E-state index is 12.8. The number of fused-ring (bicyclic) bond motifs is 1. The van der Waals surface area contributed by atoms with Gasteiger partial charge in [0, 0.05) is 38.2 Å². The standard InChI is InChI=1S/C28H36N10O7/c1-15(39)33-19(26(42)43)5-3-4-12-31-21(40)11-10-20(27(44)45)35-25(41)16-6-8-18(9-7-16)38(2)14-17-13-32-24-22(34-17)23(29)36-28(30)37-24/h6-9,13,19-20H,3-5,10-12,14H2,1-2H3,(H,31,40)(H,33,39)(H,35,41)(H,42,43)(H,44,45)(H4,29,30,32,36,37)/t19?,20-/m0/s1. The van der Waals surface area contributed by atoms with Crippen LogP contribution in [0.5, 0.6) is 0 Å². The lowest BCUT2D eigenvalue weighted by atomic mass is 10.1. The van der Waals surface area contributed by atoms with Crippen molar-refractivity contribution in [3.63, 3.8) is 0 Å². The van der Waals surface area contributed by atoms with E-state index in [1.165, 1.54) is 6.92 Å². The fourth-order valence-corrected chi connectivity index (χ4v) is 4.33. The van der Waals surface area contributed by atoms with E-state index in [9.17, 15) is 29.1 Å². The second-order valence-corrected chi connectivity index (χ2v) is 10.2. The number of aromatic nitrogens is 4. The first-order valence-corrected chi connectivity index (χ1v) is 14.0. The van der Waals surface area contributed by atoms with Crippen molar-refractivity contribution in [2.45, 2.75) is 57.7 Å². The molecule has 3 amide bonds. The highest BCUT2D eigenvalue weighted by atomic mass is 16.4. The van der Waals surface area contributed by atoms with Gasteiger partial charge in [-0.15, -0.1) is 0 Å². The first-order chi connectivity index (χ1) is 21.3. The van der Waals surface area contributed by atoms with Crippen molar-refractivity contribution in [2.75, 3.05) is 30.0 Å². The lowest BCUT2D eigenvalue weighted by molar-refractivity contribution is -0.142. The van der Waals surface area contributed by atoms with Crippen LogP contribution in [0.2, 0.25) is 0 Å². The third kappa shape index (κ3) is 10.3. The summed E-state index contributed by atoms with van der Waals surface area (Å²) in [6.07, 6.45) is 2.38. The number of carbonyl (C=O) groups excluding carboxylic acids is 3. The van der Waals surface area contributed by atoms with Gasteiger partial charge in [0.15, 0.2) is 17.0 Å². The van der Waals surface area contributed by atoms with E-state index in [2.05, 4.69) is 35.9 Å². The predicted molar refractivity (Wildman–Crippen MR) is 163 cm³/mol. The number of amides is 3. The molecular weight excluding hydrogens is 588 g/mol. The molecule has 0 aliphatic carbocycles. The van der Waals surface area contributed by atoms with Gasteiger partial charge in [-0.3, -0.25) is 14.4 Å².